The van der Waals surface area contributed by atoms with Gasteiger partial charge in [0.1, 0.15) is 11.8 Å². The van der Waals surface area contributed by atoms with Crippen molar-refractivity contribution in [1.29, 1.82) is 0 Å². The van der Waals surface area contributed by atoms with Crippen LogP contribution in [0.1, 0.15) is 25.3 Å². The summed E-state index contributed by atoms with van der Waals surface area (Å²) >= 11 is 0. The molecule has 1 N–H and O–H groups in total. The van der Waals surface area contributed by atoms with Crippen LogP contribution in [0, 0.1) is 0 Å². The maximum Gasteiger partial charge on any atom is 0.245 e. The van der Waals surface area contributed by atoms with Gasteiger partial charge in [-0.2, -0.15) is 0 Å². The summed E-state index contributed by atoms with van der Waals surface area (Å²) in [5.74, 6) is 0.746. The molecule has 0 aromatic heterocycles. The third-order valence-corrected chi connectivity index (χ3v) is 3.32. The number of amides is 2. The second-order valence-corrected chi connectivity index (χ2v) is 4.93. The van der Waals surface area contributed by atoms with Crippen molar-refractivity contribution in [2.75, 3.05) is 13.7 Å². The molecule has 108 valence electrons. The number of ether oxygens (including phenoxy) is 1. The molecule has 1 atom stereocenters. The lowest BCUT2D eigenvalue weighted by Gasteiger charge is -2.21. The van der Waals surface area contributed by atoms with Gasteiger partial charge >= 0.3 is 0 Å². The van der Waals surface area contributed by atoms with E-state index in [-0.39, 0.29) is 17.9 Å². The predicted octanol–water partition coefficient (Wildman–Crippen LogP) is 1.32. The first-order chi connectivity index (χ1) is 9.60. The first-order valence-electron chi connectivity index (χ1n) is 6.86. The highest BCUT2D eigenvalue weighted by Crippen LogP contribution is 2.15. The van der Waals surface area contributed by atoms with Gasteiger partial charge in [0.05, 0.1) is 6.61 Å². The zero-order chi connectivity index (χ0) is 14.5. The fourth-order valence-electron chi connectivity index (χ4n) is 2.27. The largest absolute Gasteiger partial charge is 0.494 e. The minimum Gasteiger partial charge on any atom is -0.494 e. The van der Waals surface area contributed by atoms with Gasteiger partial charge in [0.2, 0.25) is 11.8 Å². The molecule has 0 aliphatic carbocycles. The van der Waals surface area contributed by atoms with Crippen LogP contribution in [0.4, 0.5) is 0 Å². The molecule has 5 nitrogen and oxygen atoms in total. The number of carbonyl (C=O) groups excluding carboxylic acids is 2. The second-order valence-electron chi connectivity index (χ2n) is 4.93. The molecule has 0 bridgehead atoms. The van der Waals surface area contributed by atoms with Crippen molar-refractivity contribution in [2.45, 2.75) is 32.4 Å². The van der Waals surface area contributed by atoms with E-state index in [0.29, 0.717) is 26.0 Å². The summed E-state index contributed by atoms with van der Waals surface area (Å²) in [7, 11) is 1.75. The standard InChI is InChI=1S/C15H20N2O3/c1-3-20-12-6-4-11(5-7-12)10-17(2)15(19)13-8-9-14(18)16-13/h4-7,13H,3,8-10H2,1-2H3,(H,16,18)/t13-/m1/s1. The Labute approximate surface area is 118 Å². The SMILES string of the molecule is CCOc1ccc(CN(C)C(=O)[C@H]2CCC(=O)N2)cc1. The number of carbonyl (C=O) groups is 2. The molecule has 1 aromatic carbocycles. The maximum absolute atomic E-state index is 12.2. The zero-order valence-corrected chi connectivity index (χ0v) is 11.9. The summed E-state index contributed by atoms with van der Waals surface area (Å²) in [4.78, 5) is 24.9. The van der Waals surface area contributed by atoms with Crippen LogP contribution in [0.2, 0.25) is 0 Å². The van der Waals surface area contributed by atoms with Crippen molar-refractivity contribution in [1.82, 2.24) is 10.2 Å². The number of hydrogen-bond acceptors (Lipinski definition) is 3. The molecule has 1 saturated heterocycles. The molecule has 0 saturated carbocycles. The van der Waals surface area contributed by atoms with Gasteiger partial charge in [-0.15, -0.1) is 0 Å². The summed E-state index contributed by atoms with van der Waals surface area (Å²) in [5, 5.41) is 2.70. The van der Waals surface area contributed by atoms with Gasteiger partial charge in [-0.25, -0.2) is 0 Å². The Balaban J connectivity index is 1.91. The van der Waals surface area contributed by atoms with E-state index in [1.54, 1.807) is 11.9 Å². The monoisotopic (exact) mass is 276 g/mol. The van der Waals surface area contributed by atoms with E-state index in [2.05, 4.69) is 5.32 Å². The Morgan fingerprint density at radius 3 is 2.65 bits per heavy atom. The predicted molar refractivity (Wildman–Crippen MR) is 75.2 cm³/mol. The van der Waals surface area contributed by atoms with E-state index in [4.69, 9.17) is 4.74 Å². The summed E-state index contributed by atoms with van der Waals surface area (Å²) in [6, 6.07) is 7.32. The average molecular weight is 276 g/mol. The Hall–Kier alpha value is -2.04. The van der Waals surface area contributed by atoms with Crippen molar-refractivity contribution in [3.05, 3.63) is 29.8 Å². The van der Waals surface area contributed by atoms with Crippen LogP contribution in [0.25, 0.3) is 0 Å². The molecule has 1 aliphatic heterocycles. The fourth-order valence-corrected chi connectivity index (χ4v) is 2.27. The van der Waals surface area contributed by atoms with Crippen molar-refractivity contribution < 1.29 is 14.3 Å². The van der Waals surface area contributed by atoms with Crippen molar-refractivity contribution in [3.63, 3.8) is 0 Å². The summed E-state index contributed by atoms with van der Waals surface area (Å²) in [6.45, 7) is 3.10. The van der Waals surface area contributed by atoms with E-state index in [1.807, 2.05) is 31.2 Å². The topological polar surface area (TPSA) is 58.6 Å². The van der Waals surface area contributed by atoms with E-state index < -0.39 is 0 Å². The highest BCUT2D eigenvalue weighted by molar-refractivity contribution is 5.90. The van der Waals surface area contributed by atoms with E-state index >= 15 is 0 Å². The fraction of sp³-hybridized carbons (Fsp3) is 0.467. The van der Waals surface area contributed by atoms with Gasteiger partial charge in [-0.05, 0) is 31.0 Å². The van der Waals surface area contributed by atoms with Crippen molar-refractivity contribution in [2.24, 2.45) is 0 Å². The molecule has 20 heavy (non-hydrogen) atoms. The smallest absolute Gasteiger partial charge is 0.245 e. The number of hydrogen-bond donors (Lipinski definition) is 1. The quantitative estimate of drug-likeness (QED) is 0.882. The molecule has 0 unspecified atom stereocenters. The van der Waals surface area contributed by atoms with E-state index in [0.717, 1.165) is 11.3 Å². The number of benzene rings is 1. The molecule has 0 spiro atoms. The zero-order valence-electron chi connectivity index (χ0n) is 11.9. The average Bonchev–Trinajstić information content (AvgIpc) is 2.87. The third kappa shape index (κ3) is 3.50. The number of rotatable bonds is 5. The number of nitrogens with zero attached hydrogens (tertiary/aromatic N) is 1. The van der Waals surface area contributed by atoms with Crippen molar-refractivity contribution >= 4 is 11.8 Å². The molecule has 0 radical (unpaired) electrons. The summed E-state index contributed by atoms with van der Waals surface area (Å²) in [5.41, 5.74) is 1.04. The van der Waals surface area contributed by atoms with Crippen LogP contribution >= 0.6 is 0 Å². The van der Waals surface area contributed by atoms with Gasteiger partial charge in [-0.3, -0.25) is 9.59 Å². The molecule has 5 heteroatoms. The van der Waals surface area contributed by atoms with Gasteiger partial charge in [-0.1, -0.05) is 12.1 Å². The normalized spacial score (nSPS) is 17.7. The summed E-state index contributed by atoms with van der Waals surface area (Å²) in [6.07, 6.45) is 1.03. The van der Waals surface area contributed by atoms with Crippen molar-refractivity contribution in [3.8, 4) is 5.75 Å². The van der Waals surface area contributed by atoms with E-state index in [9.17, 15) is 9.59 Å². The molecule has 1 aliphatic rings. The van der Waals surface area contributed by atoms with Gasteiger partial charge in [0.15, 0.2) is 0 Å². The molecule has 2 amide bonds. The number of likely N-dealkylation sites (N-methyl/N-ethyl adjacent to an activating group) is 1. The second kappa shape index (κ2) is 6.41. The molecule has 1 aromatic rings. The minimum atomic E-state index is -0.366. The highest BCUT2D eigenvalue weighted by Gasteiger charge is 2.29. The summed E-state index contributed by atoms with van der Waals surface area (Å²) < 4.78 is 5.38. The Kier molecular flexibility index (Phi) is 4.61. The van der Waals surface area contributed by atoms with Crippen LogP contribution < -0.4 is 10.1 Å². The van der Waals surface area contributed by atoms with E-state index in [1.165, 1.54) is 0 Å². The van der Waals surface area contributed by atoms with Gasteiger partial charge < -0.3 is 15.0 Å². The van der Waals surface area contributed by atoms with Crippen LogP contribution in [-0.4, -0.2) is 36.4 Å². The first kappa shape index (κ1) is 14.4. The molecular formula is C15H20N2O3. The third-order valence-electron chi connectivity index (χ3n) is 3.32. The van der Waals surface area contributed by atoms with Crippen LogP contribution in [0.15, 0.2) is 24.3 Å². The van der Waals surface area contributed by atoms with Crippen LogP contribution in [-0.2, 0) is 16.1 Å². The molecular weight excluding hydrogens is 256 g/mol. The lowest BCUT2D eigenvalue weighted by molar-refractivity contribution is -0.133. The van der Waals surface area contributed by atoms with Crippen LogP contribution in [0.3, 0.4) is 0 Å². The number of nitrogens with one attached hydrogen (secondary N) is 1. The Morgan fingerprint density at radius 2 is 2.10 bits per heavy atom. The Morgan fingerprint density at radius 1 is 1.40 bits per heavy atom. The van der Waals surface area contributed by atoms with Gasteiger partial charge in [0.25, 0.3) is 0 Å². The lowest BCUT2D eigenvalue weighted by Crippen LogP contribution is -2.42. The molecule has 2 rings (SSSR count). The van der Waals surface area contributed by atoms with Gasteiger partial charge in [0, 0.05) is 20.0 Å². The maximum atomic E-state index is 12.2. The molecule has 1 fully saturated rings. The van der Waals surface area contributed by atoms with Crippen LogP contribution in [0.5, 0.6) is 5.75 Å². The molecule has 1 heterocycles. The minimum absolute atomic E-state index is 0.0373. The highest BCUT2D eigenvalue weighted by atomic mass is 16.5. The lowest BCUT2D eigenvalue weighted by atomic mass is 10.1. The first-order valence-corrected chi connectivity index (χ1v) is 6.86. The Bertz CT molecular complexity index is 484.